The molecule has 1 aromatic heterocycles. The van der Waals surface area contributed by atoms with Gasteiger partial charge in [0.2, 0.25) is 0 Å². The minimum absolute atomic E-state index is 0.103. The fourth-order valence-corrected chi connectivity index (χ4v) is 4.40. The second kappa shape index (κ2) is 13.4. The third-order valence-electron chi connectivity index (χ3n) is 6.10. The number of ether oxygens (including phenoxy) is 3. The van der Waals surface area contributed by atoms with Crippen LogP contribution in [0.2, 0.25) is 0 Å². The van der Waals surface area contributed by atoms with Gasteiger partial charge in [-0.25, -0.2) is 9.59 Å². The first kappa shape index (κ1) is 31.3. The highest BCUT2D eigenvalue weighted by atomic mass is 16.6. The number of hydrogen-bond donors (Lipinski definition) is 1. The molecule has 2 aromatic carbocycles. The maximum atomic E-state index is 13.8. The summed E-state index contributed by atoms with van der Waals surface area (Å²) in [6.07, 6.45) is 0.0884. The SMILES string of the molecule is CC(=O)Oc1ccccc1COC(=O)c1c(C)nc(CC(C)C)c(CNC(=O)OC(C)(C)C)c1-c1ccc(C)cc1. The Balaban J connectivity index is 2.10. The molecule has 3 rings (SSSR count). The van der Waals surface area contributed by atoms with Gasteiger partial charge in [-0.05, 0) is 58.6 Å². The van der Waals surface area contributed by atoms with E-state index in [1.54, 1.807) is 52.0 Å². The Morgan fingerprint density at radius 3 is 2.24 bits per heavy atom. The van der Waals surface area contributed by atoms with E-state index in [1.165, 1.54) is 6.92 Å². The van der Waals surface area contributed by atoms with Crippen molar-refractivity contribution in [1.82, 2.24) is 10.3 Å². The van der Waals surface area contributed by atoms with E-state index in [-0.39, 0.29) is 19.1 Å². The molecule has 0 saturated carbocycles. The second-order valence-corrected chi connectivity index (χ2v) is 11.5. The number of aryl methyl sites for hydroxylation is 2. The van der Waals surface area contributed by atoms with Crippen molar-refractivity contribution in [3.05, 3.63) is 82.2 Å². The van der Waals surface area contributed by atoms with Crippen molar-refractivity contribution in [2.75, 3.05) is 0 Å². The van der Waals surface area contributed by atoms with Crippen molar-refractivity contribution in [3.8, 4) is 16.9 Å². The minimum atomic E-state index is -0.659. The number of rotatable bonds is 9. The molecule has 1 amide bonds. The summed E-state index contributed by atoms with van der Waals surface area (Å²) in [5.74, 6) is -0.425. The Bertz CT molecular complexity index is 1400. The van der Waals surface area contributed by atoms with E-state index in [2.05, 4.69) is 19.2 Å². The van der Waals surface area contributed by atoms with E-state index >= 15 is 0 Å². The fourth-order valence-electron chi connectivity index (χ4n) is 4.40. The Morgan fingerprint density at radius 1 is 0.976 bits per heavy atom. The van der Waals surface area contributed by atoms with Crippen LogP contribution in [0.5, 0.6) is 5.75 Å². The smallest absolute Gasteiger partial charge is 0.407 e. The molecule has 8 heteroatoms. The van der Waals surface area contributed by atoms with Gasteiger partial charge in [-0.15, -0.1) is 0 Å². The van der Waals surface area contributed by atoms with Gasteiger partial charge >= 0.3 is 18.0 Å². The molecular formula is C33H40N2O6. The lowest BCUT2D eigenvalue weighted by molar-refractivity contribution is -0.131. The topological polar surface area (TPSA) is 104 Å². The van der Waals surface area contributed by atoms with Gasteiger partial charge in [0.15, 0.2) is 0 Å². The molecule has 0 atom stereocenters. The van der Waals surface area contributed by atoms with Gasteiger partial charge in [0.05, 0.1) is 11.3 Å². The number of alkyl carbamates (subject to hydrolysis) is 1. The summed E-state index contributed by atoms with van der Waals surface area (Å²) in [5.41, 5.74) is 4.79. The van der Waals surface area contributed by atoms with Gasteiger partial charge < -0.3 is 19.5 Å². The summed E-state index contributed by atoms with van der Waals surface area (Å²) in [7, 11) is 0. The predicted octanol–water partition coefficient (Wildman–Crippen LogP) is 6.87. The molecule has 0 aliphatic rings. The molecule has 8 nitrogen and oxygen atoms in total. The van der Waals surface area contributed by atoms with Gasteiger partial charge in [-0.2, -0.15) is 0 Å². The van der Waals surface area contributed by atoms with Gasteiger partial charge in [-0.3, -0.25) is 9.78 Å². The van der Waals surface area contributed by atoms with Crippen molar-refractivity contribution in [2.45, 2.75) is 80.6 Å². The summed E-state index contributed by atoms with van der Waals surface area (Å²) in [6, 6.07) is 14.8. The highest BCUT2D eigenvalue weighted by Gasteiger charge is 2.26. The van der Waals surface area contributed by atoms with E-state index < -0.39 is 23.6 Å². The summed E-state index contributed by atoms with van der Waals surface area (Å²) >= 11 is 0. The fraction of sp³-hybridized carbons (Fsp3) is 0.394. The number of amides is 1. The first-order valence-corrected chi connectivity index (χ1v) is 13.7. The third kappa shape index (κ3) is 8.90. The van der Waals surface area contributed by atoms with Gasteiger partial charge in [0.25, 0.3) is 0 Å². The van der Waals surface area contributed by atoms with E-state index in [9.17, 15) is 14.4 Å². The highest BCUT2D eigenvalue weighted by Crippen LogP contribution is 2.34. The predicted molar refractivity (Wildman–Crippen MR) is 158 cm³/mol. The van der Waals surface area contributed by atoms with Crippen molar-refractivity contribution in [3.63, 3.8) is 0 Å². The summed E-state index contributed by atoms with van der Waals surface area (Å²) in [4.78, 5) is 42.8. The molecule has 1 N–H and O–H groups in total. The van der Waals surface area contributed by atoms with Crippen molar-refractivity contribution in [1.29, 1.82) is 0 Å². The number of esters is 2. The lowest BCUT2D eigenvalue weighted by Gasteiger charge is -2.23. The number of carbonyl (C=O) groups is 3. The lowest BCUT2D eigenvalue weighted by Crippen LogP contribution is -2.32. The van der Waals surface area contributed by atoms with Crippen LogP contribution in [0, 0.1) is 19.8 Å². The van der Waals surface area contributed by atoms with Crippen LogP contribution in [0.25, 0.3) is 11.1 Å². The molecule has 0 aliphatic heterocycles. The van der Waals surface area contributed by atoms with Crippen LogP contribution < -0.4 is 10.1 Å². The number of nitrogens with zero attached hydrogens (tertiary/aromatic N) is 1. The maximum absolute atomic E-state index is 13.8. The van der Waals surface area contributed by atoms with E-state index in [4.69, 9.17) is 19.2 Å². The number of hydrogen-bond acceptors (Lipinski definition) is 7. The van der Waals surface area contributed by atoms with Gasteiger partial charge in [0, 0.05) is 35.9 Å². The third-order valence-corrected chi connectivity index (χ3v) is 6.10. The number of pyridine rings is 1. The minimum Gasteiger partial charge on any atom is -0.457 e. The van der Waals surface area contributed by atoms with Crippen molar-refractivity contribution < 1.29 is 28.6 Å². The normalized spacial score (nSPS) is 11.2. The second-order valence-electron chi connectivity index (χ2n) is 11.5. The van der Waals surface area contributed by atoms with E-state index in [0.717, 1.165) is 22.4 Å². The Kier molecular flexibility index (Phi) is 10.3. The molecule has 3 aromatic rings. The molecule has 0 spiro atoms. The Morgan fingerprint density at radius 2 is 1.63 bits per heavy atom. The van der Waals surface area contributed by atoms with E-state index in [0.29, 0.717) is 34.6 Å². The first-order valence-electron chi connectivity index (χ1n) is 13.7. The largest absolute Gasteiger partial charge is 0.457 e. The molecular weight excluding hydrogens is 520 g/mol. The van der Waals surface area contributed by atoms with Crippen LogP contribution >= 0.6 is 0 Å². The average molecular weight is 561 g/mol. The molecule has 1 heterocycles. The van der Waals surface area contributed by atoms with Crippen LogP contribution in [0.3, 0.4) is 0 Å². The molecule has 41 heavy (non-hydrogen) atoms. The Labute approximate surface area is 242 Å². The summed E-state index contributed by atoms with van der Waals surface area (Å²) < 4.78 is 16.5. The summed E-state index contributed by atoms with van der Waals surface area (Å²) in [6.45, 7) is 14.7. The van der Waals surface area contributed by atoms with E-state index in [1.807, 2.05) is 31.2 Å². The zero-order valence-electron chi connectivity index (χ0n) is 25.2. The van der Waals surface area contributed by atoms with Gasteiger partial charge in [-0.1, -0.05) is 61.9 Å². The van der Waals surface area contributed by atoms with Crippen LogP contribution in [0.1, 0.15) is 80.0 Å². The number of carbonyl (C=O) groups excluding carboxylic acids is 3. The summed E-state index contributed by atoms with van der Waals surface area (Å²) in [5, 5.41) is 2.86. The lowest BCUT2D eigenvalue weighted by atomic mass is 9.89. The molecule has 0 radical (unpaired) electrons. The zero-order valence-corrected chi connectivity index (χ0v) is 25.2. The number of aromatic nitrogens is 1. The quantitative estimate of drug-likeness (QED) is 0.225. The first-order chi connectivity index (χ1) is 19.2. The average Bonchev–Trinajstić information content (AvgIpc) is 2.86. The Hall–Kier alpha value is -4.20. The molecule has 0 fully saturated rings. The van der Waals surface area contributed by atoms with Crippen molar-refractivity contribution >= 4 is 18.0 Å². The standard InChI is InChI=1S/C33H40N2O6/c1-20(2)17-27-26(18-34-32(38)41-33(6,7)8)30(24-15-13-21(3)14-16-24)29(22(4)35-27)31(37)39-19-25-11-9-10-12-28(25)40-23(5)36/h9-16,20H,17-19H2,1-8H3,(H,34,38). The van der Waals surface area contributed by atoms with Crippen LogP contribution in [0.15, 0.2) is 48.5 Å². The molecule has 0 aliphatic carbocycles. The molecule has 0 unspecified atom stereocenters. The monoisotopic (exact) mass is 560 g/mol. The molecule has 0 bridgehead atoms. The van der Waals surface area contributed by atoms with Gasteiger partial charge in [0.1, 0.15) is 18.0 Å². The zero-order chi connectivity index (χ0) is 30.3. The van der Waals surface area contributed by atoms with Crippen LogP contribution in [0.4, 0.5) is 4.79 Å². The van der Waals surface area contributed by atoms with Crippen molar-refractivity contribution in [2.24, 2.45) is 5.92 Å². The maximum Gasteiger partial charge on any atom is 0.407 e. The number of benzene rings is 2. The molecule has 218 valence electrons. The molecule has 0 saturated heterocycles. The van der Waals surface area contributed by atoms with Crippen LogP contribution in [-0.4, -0.2) is 28.6 Å². The number of nitrogens with one attached hydrogen (secondary N) is 1. The number of para-hydroxylation sites is 1. The highest BCUT2D eigenvalue weighted by molar-refractivity contribution is 5.99. The van der Waals surface area contributed by atoms with Crippen LogP contribution in [-0.2, 0) is 33.8 Å².